The van der Waals surface area contributed by atoms with E-state index >= 15 is 0 Å². The predicted octanol–water partition coefficient (Wildman–Crippen LogP) is 3.05. The van der Waals surface area contributed by atoms with E-state index in [0.717, 1.165) is 18.4 Å². The molecule has 0 aliphatic carbocycles. The van der Waals surface area contributed by atoms with Crippen molar-refractivity contribution in [3.63, 3.8) is 0 Å². The van der Waals surface area contributed by atoms with Crippen LogP contribution in [0, 0.1) is 4.84 Å². The Balaban J connectivity index is 1.79. The van der Waals surface area contributed by atoms with Crippen molar-refractivity contribution in [2.75, 3.05) is 13.2 Å². The van der Waals surface area contributed by atoms with Gasteiger partial charge in [-0.1, -0.05) is 0 Å². The molecule has 1 unspecified atom stereocenters. The van der Waals surface area contributed by atoms with E-state index < -0.39 is 0 Å². The van der Waals surface area contributed by atoms with Crippen LogP contribution in [0.2, 0.25) is 0 Å². The summed E-state index contributed by atoms with van der Waals surface area (Å²) in [4.78, 5) is 29.4. The van der Waals surface area contributed by atoms with Gasteiger partial charge in [0.25, 0.3) is 10.7 Å². The minimum Gasteiger partial charge on any atom is -0.466 e. The fraction of sp³-hybridized carbons (Fsp3) is 0.438. The summed E-state index contributed by atoms with van der Waals surface area (Å²) in [6.07, 6.45) is 1.95. The number of ether oxygens (including phenoxy) is 1. The van der Waals surface area contributed by atoms with E-state index in [1.807, 2.05) is 0 Å². The number of rotatable bonds is 4. The van der Waals surface area contributed by atoms with E-state index in [1.54, 1.807) is 30.0 Å². The number of nitrogens with zero attached hydrogens (tertiary/aromatic N) is 1. The summed E-state index contributed by atoms with van der Waals surface area (Å²) in [5.41, 5.74) is 1.85. The Labute approximate surface area is 138 Å². The Bertz CT molecular complexity index is 795. The van der Waals surface area contributed by atoms with Gasteiger partial charge in [0.2, 0.25) is 0 Å². The van der Waals surface area contributed by atoms with Gasteiger partial charge < -0.3 is 19.0 Å². The van der Waals surface area contributed by atoms with Crippen molar-refractivity contribution < 1.29 is 18.7 Å². The van der Waals surface area contributed by atoms with Crippen molar-refractivity contribution in [2.45, 2.75) is 32.2 Å². The number of H-pyrrole nitrogens is 1. The number of fused-ring (bicyclic) bond motifs is 1. The van der Waals surface area contributed by atoms with Crippen molar-refractivity contribution >= 4 is 35.2 Å². The van der Waals surface area contributed by atoms with E-state index in [4.69, 9.17) is 21.4 Å². The molecule has 1 saturated heterocycles. The topological polar surface area (TPSA) is 75.5 Å². The Kier molecular flexibility index (Phi) is 4.47. The molecule has 1 amide bonds. The van der Waals surface area contributed by atoms with E-state index in [2.05, 4.69) is 4.98 Å². The highest BCUT2D eigenvalue weighted by atomic mass is 32.1. The Morgan fingerprint density at radius 2 is 2.30 bits per heavy atom. The summed E-state index contributed by atoms with van der Waals surface area (Å²) in [5, 5.41) is 0. The van der Waals surface area contributed by atoms with Crippen molar-refractivity contribution in [1.29, 1.82) is 0 Å². The van der Waals surface area contributed by atoms with Gasteiger partial charge in [0, 0.05) is 18.2 Å². The van der Waals surface area contributed by atoms with E-state index in [-0.39, 0.29) is 29.2 Å². The average Bonchev–Trinajstić information content (AvgIpc) is 3.11. The number of nitrogens with one attached hydrogen (secondary N) is 1. The lowest BCUT2D eigenvalue weighted by Crippen LogP contribution is -2.37. The maximum absolute atomic E-state index is 12.7. The van der Waals surface area contributed by atoms with Crippen molar-refractivity contribution in [2.24, 2.45) is 0 Å². The molecule has 2 aromatic rings. The first kappa shape index (κ1) is 15.7. The van der Waals surface area contributed by atoms with Gasteiger partial charge in [0.1, 0.15) is 0 Å². The van der Waals surface area contributed by atoms with Crippen LogP contribution in [0.3, 0.4) is 0 Å². The molecule has 2 heterocycles. The first-order chi connectivity index (χ1) is 11.1. The molecule has 23 heavy (non-hydrogen) atoms. The zero-order valence-corrected chi connectivity index (χ0v) is 13.6. The summed E-state index contributed by atoms with van der Waals surface area (Å²) in [6.45, 7) is 2.78. The molecule has 1 aromatic carbocycles. The monoisotopic (exact) mass is 334 g/mol. The number of aromatic nitrogens is 1. The number of hydrogen-bond acceptors (Lipinski definition) is 5. The molecule has 0 radical (unpaired) electrons. The third-order valence-corrected chi connectivity index (χ3v) is 4.20. The third kappa shape index (κ3) is 3.29. The molecule has 1 atom stereocenters. The molecule has 7 heteroatoms. The first-order valence-electron chi connectivity index (χ1n) is 7.68. The molecule has 0 spiro atoms. The molecule has 1 N–H and O–H groups in total. The van der Waals surface area contributed by atoms with Crippen LogP contribution >= 0.6 is 12.2 Å². The largest absolute Gasteiger partial charge is 0.466 e. The number of aromatic amines is 1. The van der Waals surface area contributed by atoms with Gasteiger partial charge in [-0.25, -0.2) is 0 Å². The lowest BCUT2D eigenvalue weighted by Gasteiger charge is -2.24. The average molecular weight is 334 g/mol. The molecule has 1 fully saturated rings. The number of amides is 1. The molecular formula is C16H18N2O4S. The quantitative estimate of drug-likeness (QED) is 0.687. The Hall–Kier alpha value is -2.15. The SMILES string of the molecule is CCOC(=O)CC1CCCN1C(=O)c1ccc2[nH]c(=S)oc2c1. The van der Waals surface area contributed by atoms with Crippen LogP contribution in [0.15, 0.2) is 22.6 Å². The van der Waals surface area contributed by atoms with Crippen LogP contribution in [0.5, 0.6) is 0 Å². The third-order valence-electron chi connectivity index (χ3n) is 4.01. The van der Waals surface area contributed by atoms with Gasteiger partial charge in [-0.3, -0.25) is 9.59 Å². The van der Waals surface area contributed by atoms with E-state index in [0.29, 0.717) is 24.3 Å². The second-order valence-corrected chi connectivity index (χ2v) is 5.90. The minimum absolute atomic E-state index is 0.0963. The van der Waals surface area contributed by atoms with Gasteiger partial charge in [-0.2, -0.15) is 0 Å². The van der Waals surface area contributed by atoms with E-state index in [9.17, 15) is 9.59 Å². The number of carbonyl (C=O) groups excluding carboxylic acids is 2. The van der Waals surface area contributed by atoms with Crippen LogP contribution in [0.4, 0.5) is 0 Å². The Morgan fingerprint density at radius 3 is 3.09 bits per heavy atom. The maximum Gasteiger partial charge on any atom is 0.307 e. The standard InChI is InChI=1S/C16H18N2O4S/c1-2-21-14(19)9-11-4-3-7-18(11)15(20)10-5-6-12-13(8-10)22-16(23)17-12/h5-6,8,11H,2-4,7,9H2,1H3,(H,17,23). The number of hydrogen-bond donors (Lipinski definition) is 1. The molecular weight excluding hydrogens is 316 g/mol. The predicted molar refractivity (Wildman–Crippen MR) is 86.7 cm³/mol. The number of likely N-dealkylation sites (tertiary alicyclic amines) is 1. The van der Waals surface area contributed by atoms with Gasteiger partial charge in [-0.05, 0) is 50.2 Å². The first-order valence-corrected chi connectivity index (χ1v) is 8.08. The fourth-order valence-electron chi connectivity index (χ4n) is 2.97. The Morgan fingerprint density at radius 1 is 1.48 bits per heavy atom. The van der Waals surface area contributed by atoms with Crippen molar-refractivity contribution in [3.8, 4) is 0 Å². The van der Waals surface area contributed by atoms with Gasteiger partial charge in [0.05, 0.1) is 18.5 Å². The van der Waals surface area contributed by atoms with E-state index in [1.165, 1.54) is 0 Å². The van der Waals surface area contributed by atoms with Crippen LogP contribution < -0.4 is 0 Å². The highest BCUT2D eigenvalue weighted by molar-refractivity contribution is 7.71. The van der Waals surface area contributed by atoms with Crippen LogP contribution in [0.1, 0.15) is 36.5 Å². The summed E-state index contributed by atoms with van der Waals surface area (Å²) >= 11 is 4.95. The summed E-state index contributed by atoms with van der Waals surface area (Å²) in [6, 6.07) is 5.10. The molecule has 0 bridgehead atoms. The molecule has 0 saturated carbocycles. The normalized spacial score (nSPS) is 17.6. The molecule has 1 aromatic heterocycles. The molecule has 1 aliphatic rings. The highest BCUT2D eigenvalue weighted by Gasteiger charge is 2.31. The number of esters is 1. The zero-order chi connectivity index (χ0) is 16.4. The van der Waals surface area contributed by atoms with Gasteiger partial charge in [-0.15, -0.1) is 0 Å². The van der Waals surface area contributed by atoms with Crippen LogP contribution in [-0.4, -0.2) is 41.0 Å². The smallest absolute Gasteiger partial charge is 0.307 e. The number of oxazole rings is 1. The van der Waals surface area contributed by atoms with Crippen LogP contribution in [0.25, 0.3) is 11.1 Å². The second-order valence-electron chi connectivity index (χ2n) is 5.53. The van der Waals surface area contributed by atoms with Crippen LogP contribution in [-0.2, 0) is 9.53 Å². The molecule has 6 nitrogen and oxygen atoms in total. The lowest BCUT2D eigenvalue weighted by atomic mass is 10.1. The number of benzene rings is 1. The highest BCUT2D eigenvalue weighted by Crippen LogP contribution is 2.24. The van der Waals surface area contributed by atoms with Crippen molar-refractivity contribution in [1.82, 2.24) is 9.88 Å². The summed E-state index contributed by atoms with van der Waals surface area (Å²) in [5.74, 6) is -0.356. The fourth-order valence-corrected chi connectivity index (χ4v) is 3.17. The lowest BCUT2D eigenvalue weighted by molar-refractivity contribution is -0.144. The maximum atomic E-state index is 12.7. The molecule has 1 aliphatic heterocycles. The molecule has 3 rings (SSSR count). The van der Waals surface area contributed by atoms with Gasteiger partial charge in [0.15, 0.2) is 5.58 Å². The molecule has 122 valence electrons. The number of carbonyl (C=O) groups is 2. The zero-order valence-electron chi connectivity index (χ0n) is 12.8. The second kappa shape index (κ2) is 6.54. The van der Waals surface area contributed by atoms with Gasteiger partial charge >= 0.3 is 5.97 Å². The summed E-state index contributed by atoms with van der Waals surface area (Å²) < 4.78 is 10.3. The summed E-state index contributed by atoms with van der Waals surface area (Å²) in [7, 11) is 0. The minimum atomic E-state index is -0.260. The van der Waals surface area contributed by atoms with Crippen molar-refractivity contribution in [3.05, 3.63) is 28.6 Å².